The lowest BCUT2D eigenvalue weighted by Gasteiger charge is -2.26. The molecule has 0 saturated carbocycles. The quantitative estimate of drug-likeness (QED) is 0.534. The van der Waals surface area contributed by atoms with Gasteiger partial charge in [-0.3, -0.25) is 19.7 Å². The minimum absolute atomic E-state index is 0.0123. The van der Waals surface area contributed by atoms with Crippen LogP contribution in [-0.4, -0.2) is 36.9 Å². The van der Waals surface area contributed by atoms with Gasteiger partial charge in [-0.2, -0.15) is 0 Å². The molecule has 1 atom stereocenters. The Morgan fingerprint density at radius 2 is 1.88 bits per heavy atom. The summed E-state index contributed by atoms with van der Waals surface area (Å²) in [5.74, 6) is -0.728. The molecule has 2 aliphatic heterocycles. The van der Waals surface area contributed by atoms with Gasteiger partial charge in [-0.15, -0.1) is 0 Å². The Morgan fingerprint density at radius 3 is 2.53 bits per heavy atom. The predicted octanol–water partition coefficient (Wildman–Crippen LogP) is -1.09. The molecule has 0 spiro atoms. The summed E-state index contributed by atoms with van der Waals surface area (Å²) >= 11 is 0. The van der Waals surface area contributed by atoms with Gasteiger partial charge in [-0.25, -0.2) is 0 Å². The zero-order valence-electron chi connectivity index (χ0n) is 9.62. The lowest BCUT2D eigenvalue weighted by atomic mass is 9.96. The first kappa shape index (κ1) is 12.0. The molecule has 2 saturated heterocycles. The molecule has 2 heterocycles. The number of carbonyl (C=O) groups is 3. The highest BCUT2D eigenvalue weighted by atomic mass is 16.2. The van der Waals surface area contributed by atoms with E-state index in [1.54, 1.807) is 0 Å². The van der Waals surface area contributed by atoms with Crippen molar-refractivity contribution < 1.29 is 14.4 Å². The average molecular weight is 239 g/mol. The molecule has 0 bridgehead atoms. The van der Waals surface area contributed by atoms with Crippen molar-refractivity contribution >= 4 is 17.7 Å². The van der Waals surface area contributed by atoms with Crippen molar-refractivity contribution in [2.24, 2.45) is 5.92 Å². The zero-order valence-corrected chi connectivity index (χ0v) is 9.62. The van der Waals surface area contributed by atoms with Gasteiger partial charge in [0.05, 0.1) is 0 Å². The predicted molar refractivity (Wildman–Crippen MR) is 59.9 cm³/mol. The van der Waals surface area contributed by atoms with Crippen molar-refractivity contribution in [3.8, 4) is 0 Å². The van der Waals surface area contributed by atoms with E-state index < -0.39 is 6.04 Å². The number of amides is 3. The average Bonchev–Trinajstić information content (AvgIpc) is 2.34. The molecule has 17 heavy (non-hydrogen) atoms. The summed E-state index contributed by atoms with van der Waals surface area (Å²) < 4.78 is 0. The molecule has 3 amide bonds. The lowest BCUT2D eigenvalue weighted by molar-refractivity contribution is -0.138. The molecule has 1 unspecified atom stereocenters. The third kappa shape index (κ3) is 3.03. The van der Waals surface area contributed by atoms with E-state index in [1.807, 2.05) is 0 Å². The van der Waals surface area contributed by atoms with Crippen LogP contribution in [0.15, 0.2) is 0 Å². The van der Waals surface area contributed by atoms with Crippen LogP contribution in [0.2, 0.25) is 0 Å². The SMILES string of the molecule is O=C1CCC(NC(=O)C2CCNCC2)C(=O)N1. The fraction of sp³-hybridized carbons (Fsp3) is 0.727. The smallest absolute Gasteiger partial charge is 0.249 e. The zero-order chi connectivity index (χ0) is 12.3. The molecule has 0 aromatic carbocycles. The van der Waals surface area contributed by atoms with Crippen LogP contribution < -0.4 is 16.0 Å². The summed E-state index contributed by atoms with van der Waals surface area (Å²) in [6.45, 7) is 1.68. The maximum Gasteiger partial charge on any atom is 0.249 e. The second-order valence-electron chi connectivity index (χ2n) is 4.54. The topological polar surface area (TPSA) is 87.3 Å². The van der Waals surface area contributed by atoms with Crippen LogP contribution in [0.25, 0.3) is 0 Å². The van der Waals surface area contributed by atoms with E-state index in [4.69, 9.17) is 0 Å². The van der Waals surface area contributed by atoms with Crippen molar-refractivity contribution in [1.29, 1.82) is 0 Å². The molecule has 6 nitrogen and oxygen atoms in total. The molecule has 2 fully saturated rings. The molecule has 0 radical (unpaired) electrons. The number of piperidine rings is 2. The standard InChI is InChI=1S/C11H17N3O3/c15-9-2-1-8(11(17)14-9)13-10(16)7-3-5-12-6-4-7/h7-8,12H,1-6H2,(H,13,16)(H,14,15,17). The van der Waals surface area contributed by atoms with E-state index >= 15 is 0 Å². The van der Waals surface area contributed by atoms with Crippen molar-refractivity contribution in [2.45, 2.75) is 31.7 Å². The first-order valence-corrected chi connectivity index (χ1v) is 6.01. The number of rotatable bonds is 2. The molecular weight excluding hydrogens is 222 g/mol. The Labute approximate surface area is 99.5 Å². The largest absolute Gasteiger partial charge is 0.344 e. The number of nitrogens with one attached hydrogen (secondary N) is 3. The van der Waals surface area contributed by atoms with Gasteiger partial charge in [0.1, 0.15) is 6.04 Å². The normalized spacial score (nSPS) is 26.5. The summed E-state index contributed by atoms with van der Waals surface area (Å²) in [6.07, 6.45) is 2.31. The third-order valence-electron chi connectivity index (χ3n) is 3.27. The van der Waals surface area contributed by atoms with E-state index in [1.165, 1.54) is 0 Å². The maximum absolute atomic E-state index is 11.9. The van der Waals surface area contributed by atoms with Crippen molar-refractivity contribution in [3.05, 3.63) is 0 Å². The van der Waals surface area contributed by atoms with Gasteiger partial charge < -0.3 is 10.6 Å². The molecule has 94 valence electrons. The second-order valence-corrected chi connectivity index (χ2v) is 4.54. The van der Waals surface area contributed by atoms with Crippen molar-refractivity contribution in [2.75, 3.05) is 13.1 Å². The van der Waals surface area contributed by atoms with Gasteiger partial charge in [0, 0.05) is 12.3 Å². The van der Waals surface area contributed by atoms with E-state index in [9.17, 15) is 14.4 Å². The van der Waals surface area contributed by atoms with Crippen LogP contribution in [-0.2, 0) is 14.4 Å². The Hall–Kier alpha value is -1.43. The summed E-state index contributed by atoms with van der Waals surface area (Å²) in [7, 11) is 0. The van der Waals surface area contributed by atoms with Crippen LogP contribution >= 0.6 is 0 Å². The molecular formula is C11H17N3O3. The molecule has 0 aromatic heterocycles. The Bertz CT molecular complexity index is 337. The third-order valence-corrected chi connectivity index (χ3v) is 3.27. The minimum atomic E-state index is -0.546. The number of hydrogen-bond acceptors (Lipinski definition) is 4. The number of carbonyl (C=O) groups excluding carboxylic acids is 3. The maximum atomic E-state index is 11.9. The first-order valence-electron chi connectivity index (χ1n) is 6.01. The van der Waals surface area contributed by atoms with Gasteiger partial charge in [-0.1, -0.05) is 0 Å². The number of imide groups is 1. The van der Waals surface area contributed by atoms with Crippen LogP contribution in [0, 0.1) is 5.92 Å². The monoisotopic (exact) mass is 239 g/mol. The summed E-state index contributed by atoms with van der Waals surface area (Å²) in [5.41, 5.74) is 0. The highest BCUT2D eigenvalue weighted by Gasteiger charge is 2.30. The van der Waals surface area contributed by atoms with Gasteiger partial charge in [0.15, 0.2) is 0 Å². The van der Waals surface area contributed by atoms with Gasteiger partial charge >= 0.3 is 0 Å². The Kier molecular flexibility index (Phi) is 3.73. The van der Waals surface area contributed by atoms with E-state index in [0.29, 0.717) is 12.8 Å². The fourth-order valence-electron chi connectivity index (χ4n) is 2.20. The molecule has 0 aromatic rings. The molecule has 0 aliphatic carbocycles. The molecule has 3 N–H and O–H groups in total. The van der Waals surface area contributed by atoms with E-state index in [2.05, 4.69) is 16.0 Å². The number of hydrogen-bond donors (Lipinski definition) is 3. The highest BCUT2D eigenvalue weighted by molar-refractivity contribution is 6.01. The van der Waals surface area contributed by atoms with Crippen molar-refractivity contribution in [1.82, 2.24) is 16.0 Å². The van der Waals surface area contributed by atoms with Crippen LogP contribution in [0.4, 0.5) is 0 Å². The van der Waals surface area contributed by atoms with Crippen LogP contribution in [0.5, 0.6) is 0 Å². The van der Waals surface area contributed by atoms with Gasteiger partial charge in [0.25, 0.3) is 0 Å². The van der Waals surface area contributed by atoms with Crippen molar-refractivity contribution in [3.63, 3.8) is 0 Å². The second kappa shape index (κ2) is 5.27. The van der Waals surface area contributed by atoms with E-state index in [0.717, 1.165) is 25.9 Å². The Balaban J connectivity index is 1.85. The van der Waals surface area contributed by atoms with Crippen LogP contribution in [0.1, 0.15) is 25.7 Å². The summed E-state index contributed by atoms with van der Waals surface area (Å²) in [6, 6.07) is -0.546. The summed E-state index contributed by atoms with van der Waals surface area (Å²) in [4.78, 5) is 34.3. The molecule has 2 rings (SSSR count). The first-order chi connectivity index (χ1) is 8.16. The van der Waals surface area contributed by atoms with Gasteiger partial charge in [-0.05, 0) is 32.4 Å². The molecule has 2 aliphatic rings. The van der Waals surface area contributed by atoms with Gasteiger partial charge in [0.2, 0.25) is 17.7 Å². The Morgan fingerprint density at radius 1 is 1.18 bits per heavy atom. The van der Waals surface area contributed by atoms with E-state index in [-0.39, 0.29) is 23.6 Å². The van der Waals surface area contributed by atoms with Crippen LogP contribution in [0.3, 0.4) is 0 Å². The minimum Gasteiger partial charge on any atom is -0.344 e. The molecule has 6 heteroatoms. The highest BCUT2D eigenvalue weighted by Crippen LogP contribution is 2.13. The lowest BCUT2D eigenvalue weighted by Crippen LogP contribution is -2.54. The summed E-state index contributed by atoms with van der Waals surface area (Å²) in [5, 5.41) is 8.14. The fourth-order valence-corrected chi connectivity index (χ4v) is 2.20.